The molecule has 1 aromatic heterocycles. The Hall–Kier alpha value is -2.10. The fourth-order valence-corrected chi connectivity index (χ4v) is 2.37. The Morgan fingerprint density at radius 3 is 2.55 bits per heavy atom. The van der Waals surface area contributed by atoms with Crippen LogP contribution in [0.25, 0.3) is 11.3 Å². The van der Waals surface area contributed by atoms with Crippen LogP contribution in [0.1, 0.15) is 48.3 Å². The number of carboxylic acids is 1. The highest BCUT2D eigenvalue weighted by Crippen LogP contribution is 2.30. The van der Waals surface area contributed by atoms with Gasteiger partial charge in [0.25, 0.3) is 0 Å². The summed E-state index contributed by atoms with van der Waals surface area (Å²) in [7, 11) is 1.78. The molecule has 2 rings (SSSR count). The minimum absolute atomic E-state index is 0.0825. The third kappa shape index (κ3) is 2.59. The van der Waals surface area contributed by atoms with E-state index in [1.165, 1.54) is 11.1 Å². The van der Waals surface area contributed by atoms with Gasteiger partial charge in [0.15, 0.2) is 5.69 Å². The van der Waals surface area contributed by atoms with Crippen molar-refractivity contribution in [3.05, 3.63) is 41.1 Å². The quantitative estimate of drug-likeness (QED) is 0.927. The molecule has 1 heterocycles. The van der Waals surface area contributed by atoms with Gasteiger partial charge in [-0.1, -0.05) is 32.9 Å². The molecule has 20 heavy (non-hydrogen) atoms. The molecule has 1 N–H and O–H groups in total. The van der Waals surface area contributed by atoms with Gasteiger partial charge in [-0.05, 0) is 35.6 Å². The van der Waals surface area contributed by atoms with Crippen LogP contribution in [-0.2, 0) is 13.5 Å². The molecule has 0 amide bonds. The molecule has 0 aliphatic rings. The molecule has 0 saturated carbocycles. The van der Waals surface area contributed by atoms with E-state index in [0.29, 0.717) is 5.92 Å². The van der Waals surface area contributed by atoms with Crippen molar-refractivity contribution in [2.24, 2.45) is 7.05 Å². The fourth-order valence-electron chi connectivity index (χ4n) is 2.37. The highest BCUT2D eigenvalue weighted by atomic mass is 16.4. The molecule has 0 atom stereocenters. The van der Waals surface area contributed by atoms with Crippen LogP contribution in [0.4, 0.5) is 0 Å². The summed E-state index contributed by atoms with van der Waals surface area (Å²) in [5.74, 6) is -0.622. The number of carbonyl (C=O) groups is 1. The summed E-state index contributed by atoms with van der Waals surface area (Å²) in [6.07, 6.45) is 0.953. The number of aromatic nitrogens is 2. The first-order chi connectivity index (χ1) is 9.43. The Morgan fingerprint density at radius 1 is 1.35 bits per heavy atom. The first kappa shape index (κ1) is 14.3. The monoisotopic (exact) mass is 272 g/mol. The number of carboxylic acid groups (broad SMARTS) is 1. The molecule has 0 bridgehead atoms. The maximum atomic E-state index is 11.1. The van der Waals surface area contributed by atoms with Gasteiger partial charge in [0.2, 0.25) is 0 Å². The highest BCUT2D eigenvalue weighted by Gasteiger charge is 2.16. The predicted molar refractivity (Wildman–Crippen MR) is 79.1 cm³/mol. The number of aromatic carboxylic acids is 1. The van der Waals surface area contributed by atoms with Crippen LogP contribution in [0.3, 0.4) is 0 Å². The number of benzene rings is 1. The number of hydrogen-bond acceptors (Lipinski definition) is 2. The molecule has 106 valence electrons. The zero-order chi connectivity index (χ0) is 14.9. The van der Waals surface area contributed by atoms with Crippen LogP contribution in [0.2, 0.25) is 0 Å². The predicted octanol–water partition coefficient (Wildman–Crippen LogP) is 3.47. The molecule has 0 aliphatic heterocycles. The van der Waals surface area contributed by atoms with Crippen LogP contribution in [-0.4, -0.2) is 20.9 Å². The molecule has 2 aromatic rings. The Kier molecular flexibility index (Phi) is 3.93. The SMILES string of the molecule is CCc1ccc(C(C)C)c(-c2cc(C(=O)O)nn2C)c1. The topological polar surface area (TPSA) is 55.1 Å². The molecule has 0 unspecified atom stereocenters. The van der Waals surface area contributed by atoms with Crippen molar-refractivity contribution in [3.8, 4) is 11.3 Å². The molecule has 4 nitrogen and oxygen atoms in total. The van der Waals surface area contributed by atoms with E-state index in [1.54, 1.807) is 17.8 Å². The van der Waals surface area contributed by atoms with Gasteiger partial charge in [0.1, 0.15) is 0 Å². The van der Waals surface area contributed by atoms with Crippen molar-refractivity contribution in [2.75, 3.05) is 0 Å². The van der Waals surface area contributed by atoms with Gasteiger partial charge in [-0.2, -0.15) is 5.10 Å². The maximum Gasteiger partial charge on any atom is 0.356 e. The summed E-state index contributed by atoms with van der Waals surface area (Å²) in [6.45, 7) is 6.39. The number of aryl methyl sites for hydroxylation is 2. The molecule has 0 spiro atoms. The second-order valence-electron chi connectivity index (χ2n) is 5.27. The van der Waals surface area contributed by atoms with Crippen molar-refractivity contribution in [3.63, 3.8) is 0 Å². The highest BCUT2D eigenvalue weighted by molar-refractivity contribution is 5.87. The lowest BCUT2D eigenvalue weighted by Crippen LogP contribution is -2.01. The summed E-state index contributed by atoms with van der Waals surface area (Å²) in [5.41, 5.74) is 4.45. The zero-order valence-corrected chi connectivity index (χ0v) is 12.3. The minimum Gasteiger partial charge on any atom is -0.476 e. The standard InChI is InChI=1S/C16H20N2O2/c1-5-11-6-7-12(10(2)3)13(8-11)15-9-14(16(19)20)17-18(15)4/h6-10H,5H2,1-4H3,(H,19,20). The molecular weight excluding hydrogens is 252 g/mol. The van der Waals surface area contributed by atoms with Crippen molar-refractivity contribution in [1.29, 1.82) is 0 Å². The van der Waals surface area contributed by atoms with Crippen molar-refractivity contribution < 1.29 is 9.90 Å². The van der Waals surface area contributed by atoms with E-state index in [2.05, 4.69) is 44.1 Å². The van der Waals surface area contributed by atoms with Gasteiger partial charge in [0, 0.05) is 12.6 Å². The van der Waals surface area contributed by atoms with Crippen LogP contribution in [0, 0.1) is 0 Å². The first-order valence-electron chi connectivity index (χ1n) is 6.84. The molecule has 0 fully saturated rings. The lowest BCUT2D eigenvalue weighted by molar-refractivity contribution is 0.0689. The molecule has 4 heteroatoms. The van der Waals surface area contributed by atoms with Crippen molar-refractivity contribution >= 4 is 5.97 Å². The van der Waals surface area contributed by atoms with Gasteiger partial charge in [-0.25, -0.2) is 4.79 Å². The maximum absolute atomic E-state index is 11.1. The van der Waals surface area contributed by atoms with E-state index in [0.717, 1.165) is 17.7 Å². The van der Waals surface area contributed by atoms with Crippen molar-refractivity contribution in [2.45, 2.75) is 33.1 Å². The molecule has 0 radical (unpaired) electrons. The Balaban J connectivity index is 2.63. The summed E-state index contributed by atoms with van der Waals surface area (Å²) in [6, 6.07) is 8.04. The van der Waals surface area contributed by atoms with E-state index in [1.807, 2.05) is 0 Å². The van der Waals surface area contributed by atoms with Crippen molar-refractivity contribution in [1.82, 2.24) is 9.78 Å². The third-order valence-electron chi connectivity index (χ3n) is 3.52. The average molecular weight is 272 g/mol. The van der Waals surface area contributed by atoms with Gasteiger partial charge >= 0.3 is 5.97 Å². The minimum atomic E-state index is -0.996. The second kappa shape index (κ2) is 5.49. The van der Waals surface area contributed by atoms with E-state index in [-0.39, 0.29) is 5.69 Å². The lowest BCUT2D eigenvalue weighted by atomic mass is 9.93. The van der Waals surface area contributed by atoms with E-state index in [9.17, 15) is 4.79 Å². The van der Waals surface area contributed by atoms with E-state index < -0.39 is 5.97 Å². The average Bonchev–Trinajstić information content (AvgIpc) is 2.80. The second-order valence-corrected chi connectivity index (χ2v) is 5.27. The van der Waals surface area contributed by atoms with Gasteiger partial charge < -0.3 is 5.11 Å². The Labute approximate surface area is 119 Å². The summed E-state index contributed by atoms with van der Waals surface area (Å²) in [4.78, 5) is 11.1. The number of rotatable bonds is 4. The van der Waals surface area contributed by atoms with Gasteiger partial charge in [-0.3, -0.25) is 4.68 Å². The van der Waals surface area contributed by atoms with Gasteiger partial charge in [-0.15, -0.1) is 0 Å². The van der Waals surface area contributed by atoms with Crippen LogP contribution in [0.15, 0.2) is 24.3 Å². The molecular formula is C16H20N2O2. The zero-order valence-electron chi connectivity index (χ0n) is 12.3. The smallest absolute Gasteiger partial charge is 0.356 e. The van der Waals surface area contributed by atoms with Crippen LogP contribution >= 0.6 is 0 Å². The normalized spacial score (nSPS) is 11.1. The molecule has 1 aromatic carbocycles. The third-order valence-corrected chi connectivity index (χ3v) is 3.52. The van der Waals surface area contributed by atoms with E-state index in [4.69, 9.17) is 5.11 Å². The fraction of sp³-hybridized carbons (Fsp3) is 0.375. The lowest BCUT2D eigenvalue weighted by Gasteiger charge is -2.14. The molecule has 0 aliphatic carbocycles. The van der Waals surface area contributed by atoms with Gasteiger partial charge in [0.05, 0.1) is 5.69 Å². The number of hydrogen-bond donors (Lipinski definition) is 1. The largest absolute Gasteiger partial charge is 0.476 e. The first-order valence-corrected chi connectivity index (χ1v) is 6.84. The van der Waals surface area contributed by atoms with Crippen LogP contribution < -0.4 is 0 Å². The van der Waals surface area contributed by atoms with Crippen LogP contribution in [0.5, 0.6) is 0 Å². The summed E-state index contributed by atoms with van der Waals surface area (Å²) < 4.78 is 1.64. The molecule has 0 saturated heterocycles. The summed E-state index contributed by atoms with van der Waals surface area (Å²) in [5, 5.41) is 13.1. The summed E-state index contributed by atoms with van der Waals surface area (Å²) >= 11 is 0. The van der Waals surface area contributed by atoms with E-state index >= 15 is 0 Å². The Bertz CT molecular complexity index is 642. The Morgan fingerprint density at radius 2 is 2.05 bits per heavy atom. The number of nitrogens with zero attached hydrogens (tertiary/aromatic N) is 2.